The van der Waals surface area contributed by atoms with E-state index in [0.29, 0.717) is 0 Å². The van der Waals surface area contributed by atoms with Gasteiger partial charge in [0.1, 0.15) is 5.82 Å². The molecule has 10 heavy (non-hydrogen) atoms. The van der Waals surface area contributed by atoms with E-state index < -0.39 is 0 Å². The minimum Gasteiger partial charge on any atom is -0.348 e. The topological polar surface area (TPSA) is 28.7 Å². The first-order valence-corrected chi connectivity index (χ1v) is 3.53. The maximum atomic E-state index is 4.24. The Morgan fingerprint density at radius 1 is 1.80 bits per heavy atom. The number of aromatic amines is 1. The van der Waals surface area contributed by atoms with Crippen LogP contribution in [0.15, 0.2) is 12.8 Å². The Morgan fingerprint density at radius 2 is 2.60 bits per heavy atom. The molecule has 0 aromatic carbocycles. The number of nitrogens with one attached hydrogen (secondary N) is 1. The van der Waals surface area contributed by atoms with E-state index in [-0.39, 0.29) is 0 Å². The fraction of sp³-hybridized carbons (Fsp3) is 0.375. The second-order valence-corrected chi connectivity index (χ2v) is 2.23. The molecule has 0 bridgehead atoms. The van der Waals surface area contributed by atoms with Crippen LogP contribution in [0.5, 0.6) is 0 Å². The fourth-order valence-corrected chi connectivity index (χ4v) is 0.847. The molecule has 2 heteroatoms. The molecule has 54 valence electrons. The molecule has 0 amide bonds. The molecule has 1 aromatic rings. The number of imidazole rings is 1. The largest absolute Gasteiger partial charge is 0.348 e. The quantitative estimate of drug-likeness (QED) is 0.676. The number of aromatic nitrogens is 2. The van der Waals surface area contributed by atoms with E-state index in [9.17, 15) is 0 Å². The molecule has 0 aliphatic rings. The summed E-state index contributed by atoms with van der Waals surface area (Å²) in [5.74, 6) is 1.05. The Hall–Kier alpha value is -1.05. The van der Waals surface area contributed by atoms with Gasteiger partial charge < -0.3 is 4.98 Å². The zero-order valence-corrected chi connectivity index (χ0v) is 6.22. The molecule has 0 saturated carbocycles. The van der Waals surface area contributed by atoms with E-state index >= 15 is 0 Å². The third-order valence-electron chi connectivity index (χ3n) is 1.35. The standard InChI is InChI=1S/C8H12N2/c1-3-5-8-9-6-7(4-2)10-8/h4,6H,2-3,5H2,1H3,(H,9,10). The summed E-state index contributed by atoms with van der Waals surface area (Å²) in [6.07, 6.45) is 5.77. The number of H-pyrrole nitrogens is 1. The lowest BCUT2D eigenvalue weighted by molar-refractivity contribution is 0.856. The second kappa shape index (κ2) is 3.20. The summed E-state index contributed by atoms with van der Waals surface area (Å²) in [6, 6.07) is 0. The van der Waals surface area contributed by atoms with Crippen molar-refractivity contribution in [3.05, 3.63) is 24.3 Å². The predicted octanol–water partition coefficient (Wildman–Crippen LogP) is 2.01. The van der Waals surface area contributed by atoms with Crippen molar-refractivity contribution in [2.45, 2.75) is 19.8 Å². The smallest absolute Gasteiger partial charge is 0.106 e. The first-order valence-electron chi connectivity index (χ1n) is 3.53. The van der Waals surface area contributed by atoms with E-state index in [0.717, 1.165) is 24.4 Å². The van der Waals surface area contributed by atoms with E-state index in [4.69, 9.17) is 0 Å². The lowest BCUT2D eigenvalue weighted by Gasteiger charge is -1.86. The Labute approximate surface area is 61.0 Å². The van der Waals surface area contributed by atoms with E-state index in [1.807, 2.05) is 6.20 Å². The summed E-state index contributed by atoms with van der Waals surface area (Å²) in [4.78, 5) is 7.32. The summed E-state index contributed by atoms with van der Waals surface area (Å²) in [5.41, 5.74) is 0.934. The van der Waals surface area contributed by atoms with E-state index in [2.05, 4.69) is 23.5 Å². The van der Waals surface area contributed by atoms with Crippen molar-refractivity contribution in [2.75, 3.05) is 0 Å². The summed E-state index contributed by atoms with van der Waals surface area (Å²) >= 11 is 0. The predicted molar refractivity (Wildman–Crippen MR) is 42.7 cm³/mol. The average Bonchev–Trinajstić information content (AvgIpc) is 2.37. The number of aryl methyl sites for hydroxylation is 1. The lowest BCUT2D eigenvalue weighted by atomic mass is 10.3. The van der Waals surface area contributed by atoms with Crippen LogP contribution in [0.4, 0.5) is 0 Å². The molecule has 1 rings (SSSR count). The third kappa shape index (κ3) is 1.47. The van der Waals surface area contributed by atoms with Gasteiger partial charge in [0, 0.05) is 12.6 Å². The van der Waals surface area contributed by atoms with E-state index in [1.165, 1.54) is 0 Å². The van der Waals surface area contributed by atoms with Crippen molar-refractivity contribution in [3.8, 4) is 0 Å². The van der Waals surface area contributed by atoms with Gasteiger partial charge in [0.2, 0.25) is 0 Å². The van der Waals surface area contributed by atoms with Gasteiger partial charge in [-0.15, -0.1) is 0 Å². The highest BCUT2D eigenvalue weighted by atomic mass is 14.9. The highest BCUT2D eigenvalue weighted by molar-refractivity contribution is 5.39. The van der Waals surface area contributed by atoms with Gasteiger partial charge in [-0.2, -0.15) is 0 Å². The van der Waals surface area contributed by atoms with E-state index in [1.54, 1.807) is 6.08 Å². The molecule has 0 aliphatic heterocycles. The minimum absolute atomic E-state index is 0.934. The van der Waals surface area contributed by atoms with Crippen LogP contribution >= 0.6 is 0 Å². The first kappa shape index (κ1) is 7.06. The van der Waals surface area contributed by atoms with Crippen LogP contribution in [0, 0.1) is 0 Å². The average molecular weight is 136 g/mol. The van der Waals surface area contributed by atoms with Gasteiger partial charge in [-0.05, 0) is 12.5 Å². The van der Waals surface area contributed by atoms with Gasteiger partial charge in [-0.1, -0.05) is 13.5 Å². The third-order valence-corrected chi connectivity index (χ3v) is 1.35. The van der Waals surface area contributed by atoms with Gasteiger partial charge in [-0.25, -0.2) is 4.98 Å². The lowest BCUT2D eigenvalue weighted by Crippen LogP contribution is -1.84. The second-order valence-electron chi connectivity index (χ2n) is 2.23. The number of hydrogen-bond donors (Lipinski definition) is 1. The van der Waals surface area contributed by atoms with Gasteiger partial charge >= 0.3 is 0 Å². The molecule has 1 N–H and O–H groups in total. The highest BCUT2D eigenvalue weighted by Gasteiger charge is 1.94. The first-order chi connectivity index (χ1) is 4.86. The number of nitrogens with zero attached hydrogens (tertiary/aromatic N) is 1. The molecule has 0 unspecified atom stereocenters. The van der Waals surface area contributed by atoms with Crippen LogP contribution in [0.1, 0.15) is 24.9 Å². The van der Waals surface area contributed by atoms with Crippen molar-refractivity contribution in [2.24, 2.45) is 0 Å². The Bertz CT molecular complexity index is 213. The van der Waals surface area contributed by atoms with Gasteiger partial charge in [0.25, 0.3) is 0 Å². The monoisotopic (exact) mass is 136 g/mol. The van der Waals surface area contributed by atoms with Crippen molar-refractivity contribution < 1.29 is 0 Å². The summed E-state index contributed by atoms with van der Waals surface area (Å²) < 4.78 is 0. The minimum atomic E-state index is 0.934. The molecular weight excluding hydrogens is 124 g/mol. The molecule has 0 spiro atoms. The maximum Gasteiger partial charge on any atom is 0.106 e. The fourth-order valence-electron chi connectivity index (χ4n) is 0.847. The van der Waals surface area contributed by atoms with Crippen LogP contribution < -0.4 is 0 Å². The summed E-state index contributed by atoms with van der Waals surface area (Å²) in [6.45, 7) is 5.76. The zero-order valence-electron chi connectivity index (χ0n) is 6.22. The van der Waals surface area contributed by atoms with Crippen LogP contribution in [-0.4, -0.2) is 9.97 Å². The molecule has 0 saturated heterocycles. The van der Waals surface area contributed by atoms with Crippen LogP contribution in [0.3, 0.4) is 0 Å². The van der Waals surface area contributed by atoms with Crippen molar-refractivity contribution in [1.29, 1.82) is 0 Å². The van der Waals surface area contributed by atoms with Crippen molar-refractivity contribution >= 4 is 6.08 Å². The molecule has 1 aromatic heterocycles. The van der Waals surface area contributed by atoms with Crippen LogP contribution in [0.25, 0.3) is 6.08 Å². The van der Waals surface area contributed by atoms with Crippen LogP contribution in [-0.2, 0) is 6.42 Å². The number of rotatable bonds is 3. The molecule has 0 fully saturated rings. The SMILES string of the molecule is C=Cc1c[nH]c(CCC)n1. The Balaban J connectivity index is 2.68. The molecule has 1 heterocycles. The number of hydrogen-bond acceptors (Lipinski definition) is 1. The molecule has 2 nitrogen and oxygen atoms in total. The van der Waals surface area contributed by atoms with Crippen molar-refractivity contribution in [1.82, 2.24) is 9.97 Å². The summed E-state index contributed by atoms with van der Waals surface area (Å²) in [7, 11) is 0. The van der Waals surface area contributed by atoms with Gasteiger partial charge in [-0.3, -0.25) is 0 Å². The molecule has 0 aliphatic carbocycles. The van der Waals surface area contributed by atoms with Crippen molar-refractivity contribution in [3.63, 3.8) is 0 Å². The Morgan fingerprint density at radius 3 is 3.10 bits per heavy atom. The van der Waals surface area contributed by atoms with Gasteiger partial charge in [0.15, 0.2) is 0 Å². The summed E-state index contributed by atoms with van der Waals surface area (Å²) in [5, 5.41) is 0. The van der Waals surface area contributed by atoms with Crippen LogP contribution in [0.2, 0.25) is 0 Å². The molecule has 0 radical (unpaired) electrons. The van der Waals surface area contributed by atoms with Gasteiger partial charge in [0.05, 0.1) is 5.69 Å². The molecule has 0 atom stereocenters. The zero-order chi connectivity index (χ0) is 7.40. The highest BCUT2D eigenvalue weighted by Crippen LogP contribution is 1.99. The normalized spacial score (nSPS) is 9.70. The maximum absolute atomic E-state index is 4.24. The molecular formula is C8H12N2. The Kier molecular flexibility index (Phi) is 2.26.